The first kappa shape index (κ1) is 11.3. The number of aromatic nitrogens is 1. The van der Waals surface area contributed by atoms with Crippen molar-refractivity contribution in [2.45, 2.75) is 39.8 Å². The number of hydrogen-bond donors (Lipinski definition) is 1. The van der Waals surface area contributed by atoms with Crippen LogP contribution in [0, 0.1) is 5.92 Å². The van der Waals surface area contributed by atoms with Crippen molar-refractivity contribution in [3.8, 4) is 0 Å². The van der Waals surface area contributed by atoms with Crippen molar-refractivity contribution in [3.63, 3.8) is 0 Å². The third-order valence-corrected chi connectivity index (χ3v) is 2.71. The van der Waals surface area contributed by atoms with Gasteiger partial charge in [0.05, 0.1) is 0 Å². The summed E-state index contributed by atoms with van der Waals surface area (Å²) in [4.78, 5) is 0. The topological polar surface area (TPSA) is 17.0 Å². The molecule has 14 heavy (non-hydrogen) atoms. The van der Waals surface area contributed by atoms with E-state index in [0.717, 1.165) is 6.54 Å². The minimum atomic E-state index is 0.634. The Morgan fingerprint density at radius 2 is 2.14 bits per heavy atom. The first-order valence-corrected chi connectivity index (χ1v) is 5.47. The maximum atomic E-state index is 3.59. The third-order valence-electron chi connectivity index (χ3n) is 2.71. The number of nitrogens with one attached hydrogen (secondary N) is 1. The van der Waals surface area contributed by atoms with Crippen LogP contribution in [-0.2, 0) is 13.6 Å². The van der Waals surface area contributed by atoms with Gasteiger partial charge in [0.1, 0.15) is 0 Å². The molecule has 0 aliphatic carbocycles. The van der Waals surface area contributed by atoms with Crippen molar-refractivity contribution < 1.29 is 0 Å². The van der Waals surface area contributed by atoms with Crippen LogP contribution in [0.3, 0.4) is 0 Å². The summed E-state index contributed by atoms with van der Waals surface area (Å²) in [5.74, 6) is 0.712. The highest BCUT2D eigenvalue weighted by Crippen LogP contribution is 2.07. The SMILES string of the molecule is CCC(NCc1ccn(C)c1)C(C)C. The molecular weight excluding hydrogens is 172 g/mol. The summed E-state index contributed by atoms with van der Waals surface area (Å²) < 4.78 is 2.09. The Morgan fingerprint density at radius 3 is 2.57 bits per heavy atom. The van der Waals surface area contributed by atoms with Gasteiger partial charge in [-0.2, -0.15) is 0 Å². The van der Waals surface area contributed by atoms with Gasteiger partial charge < -0.3 is 9.88 Å². The standard InChI is InChI=1S/C12H22N2/c1-5-12(10(2)3)13-8-11-6-7-14(4)9-11/h6-7,9-10,12-13H,5,8H2,1-4H3. The summed E-state index contributed by atoms with van der Waals surface area (Å²) in [5.41, 5.74) is 1.37. The van der Waals surface area contributed by atoms with Gasteiger partial charge in [0, 0.05) is 32.0 Å². The Hall–Kier alpha value is -0.760. The lowest BCUT2D eigenvalue weighted by Crippen LogP contribution is -2.32. The van der Waals surface area contributed by atoms with Gasteiger partial charge in [-0.15, -0.1) is 0 Å². The van der Waals surface area contributed by atoms with Crippen LogP contribution >= 0.6 is 0 Å². The first-order chi connectivity index (χ1) is 6.63. The Morgan fingerprint density at radius 1 is 1.43 bits per heavy atom. The molecule has 1 aromatic rings. The molecule has 0 aliphatic rings. The predicted molar refractivity (Wildman–Crippen MR) is 61.2 cm³/mol. The number of hydrogen-bond acceptors (Lipinski definition) is 1. The highest BCUT2D eigenvalue weighted by Gasteiger charge is 2.09. The van der Waals surface area contributed by atoms with Crippen LogP contribution in [0.25, 0.3) is 0 Å². The Balaban J connectivity index is 2.39. The van der Waals surface area contributed by atoms with Crippen LogP contribution in [0.4, 0.5) is 0 Å². The van der Waals surface area contributed by atoms with Crippen LogP contribution in [-0.4, -0.2) is 10.6 Å². The molecule has 1 rings (SSSR count). The predicted octanol–water partition coefficient (Wildman–Crippen LogP) is 2.55. The van der Waals surface area contributed by atoms with Gasteiger partial charge in [-0.1, -0.05) is 20.8 Å². The zero-order valence-electron chi connectivity index (χ0n) is 9.75. The molecule has 1 heterocycles. The van der Waals surface area contributed by atoms with Gasteiger partial charge >= 0.3 is 0 Å². The second-order valence-electron chi connectivity index (χ2n) is 4.32. The summed E-state index contributed by atoms with van der Waals surface area (Å²) in [6, 6.07) is 2.80. The highest BCUT2D eigenvalue weighted by molar-refractivity contribution is 5.09. The molecule has 0 spiro atoms. The van der Waals surface area contributed by atoms with Crippen molar-refractivity contribution in [2.75, 3.05) is 0 Å². The fourth-order valence-corrected chi connectivity index (χ4v) is 1.77. The van der Waals surface area contributed by atoms with E-state index in [2.05, 4.69) is 56.2 Å². The normalized spacial score (nSPS) is 13.5. The molecule has 0 bridgehead atoms. The number of rotatable bonds is 5. The Bertz CT molecular complexity index is 263. The molecule has 1 unspecified atom stereocenters. The molecule has 0 fully saturated rings. The van der Waals surface area contributed by atoms with Crippen molar-refractivity contribution in [1.82, 2.24) is 9.88 Å². The molecule has 0 aromatic carbocycles. The fourth-order valence-electron chi connectivity index (χ4n) is 1.77. The van der Waals surface area contributed by atoms with Crippen LogP contribution in [0.1, 0.15) is 32.8 Å². The third kappa shape index (κ3) is 3.18. The molecule has 1 aromatic heterocycles. The van der Waals surface area contributed by atoms with Crippen LogP contribution in [0.2, 0.25) is 0 Å². The van der Waals surface area contributed by atoms with E-state index >= 15 is 0 Å². The first-order valence-electron chi connectivity index (χ1n) is 5.47. The van der Waals surface area contributed by atoms with Gasteiger partial charge in [-0.05, 0) is 24.0 Å². The quantitative estimate of drug-likeness (QED) is 0.762. The maximum absolute atomic E-state index is 3.59. The molecule has 1 N–H and O–H groups in total. The monoisotopic (exact) mass is 194 g/mol. The van der Waals surface area contributed by atoms with Gasteiger partial charge in [0.2, 0.25) is 0 Å². The molecule has 0 radical (unpaired) electrons. The summed E-state index contributed by atoms with van der Waals surface area (Å²) in [6.45, 7) is 7.76. The lowest BCUT2D eigenvalue weighted by molar-refractivity contribution is 0.387. The molecular formula is C12H22N2. The van der Waals surface area contributed by atoms with Crippen molar-refractivity contribution >= 4 is 0 Å². The average Bonchev–Trinajstić information content (AvgIpc) is 2.52. The Kier molecular flexibility index (Phi) is 4.21. The van der Waals surface area contributed by atoms with Crippen molar-refractivity contribution in [2.24, 2.45) is 13.0 Å². The van der Waals surface area contributed by atoms with Crippen molar-refractivity contribution in [3.05, 3.63) is 24.0 Å². The number of nitrogens with zero attached hydrogens (tertiary/aromatic N) is 1. The largest absolute Gasteiger partial charge is 0.357 e. The molecule has 2 nitrogen and oxygen atoms in total. The Labute approximate surface area is 87.3 Å². The van der Waals surface area contributed by atoms with Gasteiger partial charge in [0.25, 0.3) is 0 Å². The summed E-state index contributed by atoms with van der Waals surface area (Å²) in [5, 5.41) is 3.59. The lowest BCUT2D eigenvalue weighted by Gasteiger charge is -2.20. The summed E-state index contributed by atoms with van der Waals surface area (Å²) >= 11 is 0. The second-order valence-corrected chi connectivity index (χ2v) is 4.32. The van der Waals surface area contributed by atoms with Crippen LogP contribution in [0.15, 0.2) is 18.5 Å². The van der Waals surface area contributed by atoms with E-state index in [9.17, 15) is 0 Å². The van der Waals surface area contributed by atoms with E-state index in [4.69, 9.17) is 0 Å². The van der Waals surface area contributed by atoms with E-state index in [1.165, 1.54) is 12.0 Å². The molecule has 0 amide bonds. The van der Waals surface area contributed by atoms with Crippen molar-refractivity contribution in [1.29, 1.82) is 0 Å². The number of aryl methyl sites for hydroxylation is 1. The van der Waals surface area contributed by atoms with E-state index in [-0.39, 0.29) is 0 Å². The minimum absolute atomic E-state index is 0.634. The molecule has 80 valence electrons. The smallest absolute Gasteiger partial charge is 0.0223 e. The summed E-state index contributed by atoms with van der Waals surface area (Å²) in [7, 11) is 2.06. The molecule has 2 heteroatoms. The van der Waals surface area contributed by atoms with E-state index in [0.29, 0.717) is 12.0 Å². The molecule has 0 saturated carbocycles. The average molecular weight is 194 g/mol. The van der Waals surface area contributed by atoms with Gasteiger partial charge in [-0.3, -0.25) is 0 Å². The van der Waals surface area contributed by atoms with E-state index in [1.807, 2.05) is 0 Å². The zero-order chi connectivity index (χ0) is 10.6. The molecule has 0 saturated heterocycles. The second kappa shape index (κ2) is 5.20. The molecule has 1 atom stereocenters. The van der Waals surface area contributed by atoms with E-state index < -0.39 is 0 Å². The van der Waals surface area contributed by atoms with Crippen LogP contribution in [0.5, 0.6) is 0 Å². The maximum Gasteiger partial charge on any atom is 0.0223 e. The van der Waals surface area contributed by atoms with Gasteiger partial charge in [-0.25, -0.2) is 0 Å². The minimum Gasteiger partial charge on any atom is -0.357 e. The zero-order valence-corrected chi connectivity index (χ0v) is 9.75. The van der Waals surface area contributed by atoms with Crippen LogP contribution < -0.4 is 5.32 Å². The van der Waals surface area contributed by atoms with E-state index in [1.54, 1.807) is 0 Å². The fraction of sp³-hybridized carbons (Fsp3) is 0.667. The lowest BCUT2D eigenvalue weighted by atomic mass is 10.0. The highest BCUT2D eigenvalue weighted by atomic mass is 14.9. The van der Waals surface area contributed by atoms with Gasteiger partial charge in [0.15, 0.2) is 0 Å². The molecule has 0 aliphatic heterocycles. The summed E-state index contributed by atoms with van der Waals surface area (Å²) in [6.07, 6.45) is 5.46.